The fourth-order valence-electron chi connectivity index (χ4n) is 2.15. The summed E-state index contributed by atoms with van der Waals surface area (Å²) in [6, 6.07) is 7.07. The number of nitrogens with one attached hydrogen (secondary N) is 1. The van der Waals surface area contributed by atoms with Crippen LogP contribution in [0.4, 0.5) is 0 Å². The highest BCUT2D eigenvalue weighted by molar-refractivity contribution is 5.95. The molecule has 22 heavy (non-hydrogen) atoms. The molecule has 7 heteroatoms. The molecular formula is C15H21ClN4O2. The van der Waals surface area contributed by atoms with Crippen LogP contribution in [0, 0.1) is 0 Å². The number of carbonyl (C=O) groups is 1. The van der Waals surface area contributed by atoms with Crippen molar-refractivity contribution in [1.29, 1.82) is 0 Å². The third kappa shape index (κ3) is 3.84. The van der Waals surface area contributed by atoms with Crippen LogP contribution in [-0.2, 0) is 0 Å². The van der Waals surface area contributed by atoms with Crippen LogP contribution in [-0.4, -0.2) is 28.1 Å². The first-order valence-corrected chi connectivity index (χ1v) is 7.03. The molecule has 1 aromatic heterocycles. The van der Waals surface area contributed by atoms with E-state index in [4.69, 9.17) is 10.3 Å². The Hall–Kier alpha value is -1.92. The standard InChI is InChI=1S/C15H20N4O2.ClH/c1-3-15(4-2,9-16)18-14(20)12-7-5-11(6-8-12)13-17-10-21-19-13;/h5-8,10H,3-4,9,16H2,1-2H3,(H,18,20);1H. The van der Waals surface area contributed by atoms with Gasteiger partial charge < -0.3 is 15.6 Å². The Balaban J connectivity index is 0.00000242. The second-order valence-electron chi connectivity index (χ2n) is 4.98. The van der Waals surface area contributed by atoms with E-state index in [1.165, 1.54) is 6.39 Å². The van der Waals surface area contributed by atoms with Gasteiger partial charge in [0.1, 0.15) is 0 Å². The van der Waals surface area contributed by atoms with Gasteiger partial charge in [-0.25, -0.2) is 0 Å². The van der Waals surface area contributed by atoms with E-state index in [1.807, 2.05) is 13.8 Å². The van der Waals surface area contributed by atoms with Crippen molar-refractivity contribution in [3.8, 4) is 11.4 Å². The smallest absolute Gasteiger partial charge is 0.251 e. The largest absolute Gasteiger partial charge is 0.345 e. The molecule has 1 heterocycles. The van der Waals surface area contributed by atoms with Gasteiger partial charge in [-0.05, 0) is 25.0 Å². The molecule has 0 saturated carbocycles. The summed E-state index contributed by atoms with van der Waals surface area (Å²) >= 11 is 0. The molecule has 0 aliphatic carbocycles. The van der Waals surface area contributed by atoms with Crippen LogP contribution in [0.25, 0.3) is 11.4 Å². The predicted octanol–water partition coefficient (Wildman–Crippen LogP) is 2.41. The summed E-state index contributed by atoms with van der Waals surface area (Å²) in [5, 5.41) is 6.79. The lowest BCUT2D eigenvalue weighted by molar-refractivity contribution is 0.0895. The second-order valence-corrected chi connectivity index (χ2v) is 4.98. The molecule has 1 aromatic carbocycles. The average molecular weight is 325 g/mol. The van der Waals surface area contributed by atoms with Crippen molar-refractivity contribution in [1.82, 2.24) is 15.5 Å². The van der Waals surface area contributed by atoms with Crippen LogP contribution in [0.5, 0.6) is 0 Å². The van der Waals surface area contributed by atoms with Gasteiger partial charge in [0.05, 0.1) is 5.54 Å². The van der Waals surface area contributed by atoms with Gasteiger partial charge in [0.2, 0.25) is 12.2 Å². The highest BCUT2D eigenvalue weighted by Gasteiger charge is 2.26. The van der Waals surface area contributed by atoms with Crippen LogP contribution in [0.15, 0.2) is 35.2 Å². The van der Waals surface area contributed by atoms with Gasteiger partial charge in [-0.1, -0.05) is 31.1 Å². The predicted molar refractivity (Wildman–Crippen MR) is 86.8 cm³/mol. The van der Waals surface area contributed by atoms with Crippen molar-refractivity contribution in [2.24, 2.45) is 5.73 Å². The molecule has 0 bridgehead atoms. The van der Waals surface area contributed by atoms with Crippen LogP contribution < -0.4 is 11.1 Å². The van der Waals surface area contributed by atoms with E-state index in [9.17, 15) is 4.79 Å². The normalized spacial score (nSPS) is 10.9. The number of rotatable bonds is 6. The molecule has 0 atom stereocenters. The number of benzene rings is 1. The molecule has 0 aliphatic rings. The SMILES string of the molecule is CCC(CC)(CN)NC(=O)c1ccc(-c2ncon2)cc1.Cl. The Bertz CT molecular complexity index is 572. The summed E-state index contributed by atoms with van der Waals surface area (Å²) in [7, 11) is 0. The lowest BCUT2D eigenvalue weighted by Crippen LogP contribution is -2.52. The fraction of sp³-hybridized carbons (Fsp3) is 0.400. The fourth-order valence-corrected chi connectivity index (χ4v) is 2.15. The molecule has 6 nitrogen and oxygen atoms in total. The minimum Gasteiger partial charge on any atom is -0.345 e. The minimum atomic E-state index is -0.344. The molecule has 0 saturated heterocycles. The number of nitrogens with zero attached hydrogens (tertiary/aromatic N) is 2. The van der Waals surface area contributed by atoms with Crippen molar-refractivity contribution in [3.05, 3.63) is 36.2 Å². The molecule has 3 N–H and O–H groups in total. The molecule has 1 amide bonds. The maximum Gasteiger partial charge on any atom is 0.251 e. The number of carbonyl (C=O) groups excluding carboxylic acids is 1. The average Bonchev–Trinajstić information content (AvgIpc) is 3.07. The molecular weight excluding hydrogens is 304 g/mol. The molecule has 120 valence electrons. The summed E-state index contributed by atoms with van der Waals surface area (Å²) in [5.41, 5.74) is 6.85. The molecule has 0 unspecified atom stereocenters. The van der Waals surface area contributed by atoms with E-state index >= 15 is 0 Å². The number of nitrogens with two attached hydrogens (primary N) is 1. The Morgan fingerprint density at radius 2 is 1.91 bits per heavy atom. The van der Waals surface area contributed by atoms with Gasteiger partial charge in [-0.15, -0.1) is 12.4 Å². The maximum absolute atomic E-state index is 12.3. The topological polar surface area (TPSA) is 94.0 Å². The minimum absolute atomic E-state index is 0. The van der Waals surface area contributed by atoms with Gasteiger partial charge >= 0.3 is 0 Å². The molecule has 0 spiro atoms. The third-order valence-electron chi connectivity index (χ3n) is 3.89. The van der Waals surface area contributed by atoms with E-state index in [-0.39, 0.29) is 23.9 Å². The van der Waals surface area contributed by atoms with E-state index in [1.54, 1.807) is 24.3 Å². The van der Waals surface area contributed by atoms with Crippen molar-refractivity contribution < 1.29 is 9.32 Å². The number of aromatic nitrogens is 2. The number of hydrogen-bond donors (Lipinski definition) is 2. The van der Waals surface area contributed by atoms with Gasteiger partial charge in [-0.3, -0.25) is 4.79 Å². The quantitative estimate of drug-likeness (QED) is 0.851. The van der Waals surface area contributed by atoms with E-state index < -0.39 is 0 Å². The number of amides is 1. The van der Waals surface area contributed by atoms with Crippen LogP contribution in [0.3, 0.4) is 0 Å². The lowest BCUT2D eigenvalue weighted by Gasteiger charge is -2.31. The van der Waals surface area contributed by atoms with Crippen LogP contribution in [0.1, 0.15) is 37.0 Å². The molecule has 0 radical (unpaired) electrons. The highest BCUT2D eigenvalue weighted by atomic mass is 35.5. The Kier molecular flexibility index (Phi) is 6.52. The van der Waals surface area contributed by atoms with Crippen molar-refractivity contribution in [2.45, 2.75) is 32.2 Å². The first-order valence-electron chi connectivity index (χ1n) is 7.03. The van der Waals surface area contributed by atoms with E-state index in [0.29, 0.717) is 17.9 Å². The highest BCUT2D eigenvalue weighted by Crippen LogP contribution is 2.17. The molecule has 0 aliphatic heterocycles. The summed E-state index contributed by atoms with van der Waals surface area (Å²) in [4.78, 5) is 16.3. The van der Waals surface area contributed by atoms with Crippen molar-refractivity contribution in [3.63, 3.8) is 0 Å². The van der Waals surface area contributed by atoms with Crippen LogP contribution in [0.2, 0.25) is 0 Å². The third-order valence-corrected chi connectivity index (χ3v) is 3.89. The van der Waals surface area contributed by atoms with E-state index in [0.717, 1.165) is 18.4 Å². The van der Waals surface area contributed by atoms with Crippen LogP contribution >= 0.6 is 12.4 Å². The monoisotopic (exact) mass is 324 g/mol. The van der Waals surface area contributed by atoms with Crippen molar-refractivity contribution >= 4 is 18.3 Å². The first-order chi connectivity index (χ1) is 10.1. The number of hydrogen-bond acceptors (Lipinski definition) is 5. The van der Waals surface area contributed by atoms with Crippen molar-refractivity contribution in [2.75, 3.05) is 6.54 Å². The van der Waals surface area contributed by atoms with E-state index in [2.05, 4.69) is 15.5 Å². The Morgan fingerprint density at radius 3 is 2.36 bits per heavy atom. The summed E-state index contributed by atoms with van der Waals surface area (Å²) in [6.45, 7) is 4.47. The Labute approximate surface area is 135 Å². The lowest BCUT2D eigenvalue weighted by atomic mass is 9.92. The van der Waals surface area contributed by atoms with Gasteiger partial charge in [0, 0.05) is 17.7 Å². The molecule has 2 aromatic rings. The number of halogens is 1. The zero-order valence-corrected chi connectivity index (χ0v) is 13.5. The summed E-state index contributed by atoms with van der Waals surface area (Å²) in [6.07, 6.45) is 2.87. The first kappa shape index (κ1) is 18.1. The van der Waals surface area contributed by atoms with Gasteiger partial charge in [0.25, 0.3) is 5.91 Å². The zero-order valence-electron chi connectivity index (χ0n) is 12.7. The molecule has 0 fully saturated rings. The van der Waals surface area contributed by atoms with Gasteiger partial charge in [-0.2, -0.15) is 4.98 Å². The summed E-state index contributed by atoms with van der Waals surface area (Å²) in [5.74, 6) is 0.379. The summed E-state index contributed by atoms with van der Waals surface area (Å²) < 4.78 is 4.70. The second kappa shape index (κ2) is 7.91. The molecule has 2 rings (SSSR count). The maximum atomic E-state index is 12.3. The van der Waals surface area contributed by atoms with Gasteiger partial charge in [0.15, 0.2) is 0 Å². The zero-order chi connectivity index (χ0) is 15.3. The Morgan fingerprint density at radius 1 is 1.27 bits per heavy atom.